The fourth-order valence-corrected chi connectivity index (χ4v) is 5.51. The van der Waals surface area contributed by atoms with Crippen LogP contribution in [0.4, 0.5) is 18.9 Å². The molecule has 7 nitrogen and oxygen atoms in total. The van der Waals surface area contributed by atoms with Crippen LogP contribution in [-0.2, 0) is 38.8 Å². The number of amides is 2. The van der Waals surface area contributed by atoms with Crippen molar-refractivity contribution in [3.63, 3.8) is 0 Å². The zero-order chi connectivity index (χ0) is 31.9. The predicted molar refractivity (Wildman–Crippen MR) is 162 cm³/mol. The van der Waals surface area contributed by atoms with E-state index < -0.39 is 51.9 Å². The first-order valence-electron chi connectivity index (χ1n) is 13.3. The van der Waals surface area contributed by atoms with Crippen LogP contribution in [0.25, 0.3) is 0 Å². The molecule has 3 rings (SSSR count). The third kappa shape index (κ3) is 9.61. The third-order valence-electron chi connectivity index (χ3n) is 6.76. The number of hydrogen-bond donors (Lipinski definition) is 1. The Morgan fingerprint density at radius 2 is 1.58 bits per heavy atom. The Balaban J connectivity index is 2.11. The lowest BCUT2D eigenvalue weighted by atomic mass is 10.0. The van der Waals surface area contributed by atoms with E-state index in [1.54, 1.807) is 54.6 Å². The fraction of sp³-hybridized carbons (Fsp3) is 0.333. The average molecular weight is 659 g/mol. The highest BCUT2D eigenvalue weighted by Crippen LogP contribution is 2.36. The summed E-state index contributed by atoms with van der Waals surface area (Å²) < 4.78 is 66.9. The molecule has 2 amide bonds. The molecular formula is C30H32Cl2F3N3O4S. The van der Waals surface area contributed by atoms with Crippen LogP contribution in [0.5, 0.6) is 0 Å². The lowest BCUT2D eigenvalue weighted by molar-refractivity contribution is -0.140. The summed E-state index contributed by atoms with van der Waals surface area (Å²) in [6.07, 6.45) is -3.32. The molecule has 0 fully saturated rings. The lowest BCUT2D eigenvalue weighted by Gasteiger charge is -2.34. The van der Waals surface area contributed by atoms with Crippen molar-refractivity contribution in [2.45, 2.75) is 51.5 Å². The molecule has 3 aromatic rings. The molecule has 0 bridgehead atoms. The number of benzene rings is 3. The van der Waals surface area contributed by atoms with Gasteiger partial charge in [0.25, 0.3) is 0 Å². The van der Waals surface area contributed by atoms with Crippen molar-refractivity contribution in [1.29, 1.82) is 0 Å². The average Bonchev–Trinajstić information content (AvgIpc) is 2.94. The molecule has 43 heavy (non-hydrogen) atoms. The standard InChI is InChI=1S/C30H32Cl2F3N3O4S/c1-4-20(2)36-29(40)27(16-21-8-6-5-7-9-21)37(18-22-10-13-24(31)14-11-22)28(39)19-38(43(3,41)42)26-17-23(30(33,34)35)12-15-25(26)32/h5-15,17,20,27H,4,16,18-19H2,1-3H3,(H,36,40)/t20-,27+/m1/s1. The Labute approximate surface area is 259 Å². The third-order valence-corrected chi connectivity index (χ3v) is 8.46. The molecule has 0 saturated heterocycles. The molecule has 0 radical (unpaired) electrons. The molecule has 0 aromatic heterocycles. The van der Waals surface area contributed by atoms with Crippen LogP contribution in [0.3, 0.4) is 0 Å². The van der Waals surface area contributed by atoms with Crippen LogP contribution >= 0.6 is 23.2 Å². The highest BCUT2D eigenvalue weighted by atomic mass is 35.5. The maximum atomic E-state index is 14.1. The lowest BCUT2D eigenvalue weighted by Crippen LogP contribution is -2.54. The van der Waals surface area contributed by atoms with E-state index in [-0.39, 0.29) is 24.0 Å². The highest BCUT2D eigenvalue weighted by molar-refractivity contribution is 7.92. The van der Waals surface area contributed by atoms with Gasteiger partial charge in [0.05, 0.1) is 22.5 Å². The first-order chi connectivity index (χ1) is 20.1. The Kier molecular flexibility index (Phi) is 11.5. The number of halogens is 5. The van der Waals surface area contributed by atoms with E-state index in [1.807, 2.05) is 13.8 Å². The molecule has 1 N–H and O–H groups in total. The van der Waals surface area contributed by atoms with Gasteiger partial charge in [0, 0.05) is 24.0 Å². The molecule has 0 aliphatic heterocycles. The normalized spacial score (nSPS) is 13.2. The SMILES string of the molecule is CC[C@@H](C)NC(=O)[C@H](Cc1ccccc1)N(Cc1ccc(Cl)cc1)C(=O)CN(c1cc(C(F)(F)F)ccc1Cl)S(C)(=O)=O. The molecule has 0 spiro atoms. The maximum Gasteiger partial charge on any atom is 0.416 e. The van der Waals surface area contributed by atoms with Gasteiger partial charge in [-0.3, -0.25) is 13.9 Å². The second-order valence-electron chi connectivity index (χ2n) is 10.1. The Morgan fingerprint density at radius 1 is 0.953 bits per heavy atom. The monoisotopic (exact) mass is 657 g/mol. The van der Waals surface area contributed by atoms with Crippen LogP contribution in [-0.4, -0.2) is 50.0 Å². The Hall–Kier alpha value is -3.28. The molecule has 0 unspecified atom stereocenters. The Bertz CT molecular complexity index is 1520. The van der Waals surface area contributed by atoms with Gasteiger partial charge >= 0.3 is 6.18 Å². The van der Waals surface area contributed by atoms with Gasteiger partial charge in [-0.1, -0.05) is 72.6 Å². The van der Waals surface area contributed by atoms with Gasteiger partial charge in [-0.05, 0) is 54.8 Å². The number of carbonyl (C=O) groups excluding carboxylic acids is 2. The van der Waals surface area contributed by atoms with Crippen molar-refractivity contribution in [3.05, 3.63) is 99.5 Å². The van der Waals surface area contributed by atoms with Gasteiger partial charge in [-0.15, -0.1) is 0 Å². The molecule has 13 heteroatoms. The molecule has 0 aliphatic carbocycles. The summed E-state index contributed by atoms with van der Waals surface area (Å²) in [5.74, 6) is -1.29. The Morgan fingerprint density at radius 3 is 2.14 bits per heavy atom. The van der Waals surface area contributed by atoms with Crippen LogP contribution in [0.1, 0.15) is 37.0 Å². The molecule has 0 heterocycles. The number of anilines is 1. The van der Waals surface area contributed by atoms with E-state index in [2.05, 4.69) is 5.32 Å². The van der Waals surface area contributed by atoms with Crippen LogP contribution in [0.15, 0.2) is 72.8 Å². The zero-order valence-electron chi connectivity index (χ0n) is 23.7. The van der Waals surface area contributed by atoms with E-state index in [1.165, 1.54) is 4.90 Å². The van der Waals surface area contributed by atoms with E-state index in [9.17, 15) is 31.2 Å². The zero-order valence-corrected chi connectivity index (χ0v) is 26.1. The maximum absolute atomic E-state index is 14.1. The van der Waals surface area contributed by atoms with Crippen LogP contribution < -0.4 is 9.62 Å². The first-order valence-corrected chi connectivity index (χ1v) is 15.9. The van der Waals surface area contributed by atoms with E-state index in [0.717, 1.165) is 24.0 Å². The molecule has 3 aromatic carbocycles. The predicted octanol–water partition coefficient (Wildman–Crippen LogP) is 6.33. The number of carbonyl (C=O) groups is 2. The van der Waals surface area contributed by atoms with E-state index >= 15 is 0 Å². The van der Waals surface area contributed by atoms with Crippen molar-refractivity contribution >= 4 is 50.7 Å². The number of rotatable bonds is 12. The second-order valence-corrected chi connectivity index (χ2v) is 12.9. The molecule has 0 aliphatic rings. The summed E-state index contributed by atoms with van der Waals surface area (Å²) in [7, 11) is -4.32. The molecule has 2 atom stereocenters. The smallest absolute Gasteiger partial charge is 0.352 e. The van der Waals surface area contributed by atoms with Crippen molar-refractivity contribution in [1.82, 2.24) is 10.2 Å². The van der Waals surface area contributed by atoms with Gasteiger partial charge in [0.1, 0.15) is 12.6 Å². The minimum atomic E-state index is -4.79. The summed E-state index contributed by atoms with van der Waals surface area (Å²) in [6, 6.07) is 16.4. The van der Waals surface area contributed by atoms with Gasteiger partial charge in [0.2, 0.25) is 21.8 Å². The minimum absolute atomic E-state index is 0.0889. The summed E-state index contributed by atoms with van der Waals surface area (Å²) >= 11 is 12.2. The number of hydrogen-bond acceptors (Lipinski definition) is 4. The summed E-state index contributed by atoms with van der Waals surface area (Å²) in [6.45, 7) is 2.67. The van der Waals surface area contributed by atoms with Crippen molar-refractivity contribution in [2.75, 3.05) is 17.1 Å². The van der Waals surface area contributed by atoms with Gasteiger partial charge in [-0.25, -0.2) is 8.42 Å². The van der Waals surface area contributed by atoms with Crippen molar-refractivity contribution in [3.8, 4) is 0 Å². The quantitative estimate of drug-likeness (QED) is 0.247. The minimum Gasteiger partial charge on any atom is -0.352 e. The van der Waals surface area contributed by atoms with E-state index in [0.29, 0.717) is 27.4 Å². The van der Waals surface area contributed by atoms with Crippen LogP contribution in [0, 0.1) is 0 Å². The second kappa shape index (κ2) is 14.5. The van der Waals surface area contributed by atoms with Crippen LogP contribution in [0.2, 0.25) is 10.0 Å². The first kappa shape index (κ1) is 34.2. The summed E-state index contributed by atoms with van der Waals surface area (Å²) in [5.41, 5.74) is -0.319. The number of nitrogens with zero attached hydrogens (tertiary/aromatic N) is 2. The number of sulfonamides is 1. The van der Waals surface area contributed by atoms with Crippen molar-refractivity contribution in [2.24, 2.45) is 0 Å². The molecular weight excluding hydrogens is 626 g/mol. The molecule has 0 saturated carbocycles. The number of alkyl halides is 3. The topological polar surface area (TPSA) is 86.8 Å². The van der Waals surface area contributed by atoms with E-state index in [4.69, 9.17) is 23.2 Å². The van der Waals surface area contributed by atoms with Gasteiger partial charge < -0.3 is 10.2 Å². The molecule has 232 valence electrons. The summed E-state index contributed by atoms with van der Waals surface area (Å²) in [4.78, 5) is 29.0. The largest absolute Gasteiger partial charge is 0.416 e. The highest BCUT2D eigenvalue weighted by Gasteiger charge is 2.36. The van der Waals surface area contributed by atoms with Gasteiger partial charge in [0.15, 0.2) is 0 Å². The summed E-state index contributed by atoms with van der Waals surface area (Å²) in [5, 5.41) is 3.04. The number of nitrogens with one attached hydrogen (secondary N) is 1. The fourth-order valence-electron chi connectivity index (χ4n) is 4.26. The van der Waals surface area contributed by atoms with Crippen molar-refractivity contribution < 1.29 is 31.2 Å². The van der Waals surface area contributed by atoms with Gasteiger partial charge in [-0.2, -0.15) is 13.2 Å².